The third-order valence-corrected chi connectivity index (χ3v) is 7.72. The van der Waals surface area contributed by atoms with E-state index >= 15 is 0 Å². The number of nitrogens with zero attached hydrogens (tertiary/aromatic N) is 4. The Morgan fingerprint density at radius 2 is 2.12 bits per heavy atom. The van der Waals surface area contributed by atoms with Gasteiger partial charge >= 0.3 is 8.25 Å². The first-order chi connectivity index (χ1) is 15.9. The van der Waals surface area contributed by atoms with Crippen LogP contribution in [0.3, 0.4) is 0 Å². The van der Waals surface area contributed by atoms with E-state index < -0.39 is 37.0 Å². The first-order valence-electron chi connectivity index (χ1n) is 10.2. The molecule has 0 radical (unpaired) electrons. The van der Waals surface area contributed by atoms with Crippen molar-refractivity contribution in [3.63, 3.8) is 0 Å². The molecule has 190 valence electrons. The summed E-state index contributed by atoms with van der Waals surface area (Å²) in [4.78, 5) is 22.8. The zero-order chi connectivity index (χ0) is 25.3. The highest BCUT2D eigenvalue weighted by atomic mass is 35.5. The number of aromatic nitrogens is 4. The minimum atomic E-state index is -2.92. The molecule has 16 heteroatoms. The number of rotatable bonds is 10. The number of aliphatic hydroxyl groups is 2. The van der Waals surface area contributed by atoms with E-state index in [0.717, 1.165) is 11.8 Å². The van der Waals surface area contributed by atoms with Gasteiger partial charge in [0.25, 0.3) is 0 Å². The highest BCUT2D eigenvalue weighted by Crippen LogP contribution is 2.45. The predicted octanol–water partition coefficient (Wildman–Crippen LogP) is 0.948. The highest BCUT2D eigenvalue weighted by Gasteiger charge is 2.53. The molecule has 0 bridgehead atoms. The Labute approximate surface area is 205 Å². The topological polar surface area (TPSA) is 198 Å². The second-order valence-electron chi connectivity index (χ2n) is 8.50. The predicted molar refractivity (Wildman–Crippen MR) is 128 cm³/mol. The number of nitrogens with two attached hydrogens (primary N) is 2. The van der Waals surface area contributed by atoms with Crippen LogP contribution in [0.1, 0.15) is 27.0 Å². The van der Waals surface area contributed by atoms with E-state index in [2.05, 4.69) is 15.0 Å². The monoisotopic (exact) mass is 538 g/mol. The summed E-state index contributed by atoms with van der Waals surface area (Å²) < 4.78 is 29.9. The van der Waals surface area contributed by atoms with Gasteiger partial charge in [-0.05, 0) is 20.8 Å². The van der Waals surface area contributed by atoms with E-state index in [4.69, 9.17) is 36.9 Å². The molecule has 1 fully saturated rings. The standard InChI is InChI=1S/C18H28ClN6O7PS/c1-17(2,7-26)15(28)34-5-4-30-33(29)31-6-9-11(27)18(3,19)14(32-9)25-8-22-10-12(20)23-16(21)24-13(10)25/h8-9,11,14,26-27,33H,4-7H2,1-3H3,(H4,20,21,23,24)/t9-,11-,14-,18-/m1/s1. The van der Waals surface area contributed by atoms with E-state index in [1.165, 1.54) is 10.9 Å². The summed E-state index contributed by atoms with van der Waals surface area (Å²) in [6, 6.07) is 0. The van der Waals surface area contributed by atoms with Crippen LogP contribution in [0.5, 0.6) is 0 Å². The summed E-state index contributed by atoms with van der Waals surface area (Å²) in [6.07, 6.45) is -1.64. The number of thioether (sulfide) groups is 1. The van der Waals surface area contributed by atoms with Gasteiger partial charge in [-0.2, -0.15) is 9.97 Å². The van der Waals surface area contributed by atoms with Gasteiger partial charge < -0.3 is 35.5 Å². The van der Waals surface area contributed by atoms with Crippen LogP contribution in [0.2, 0.25) is 0 Å². The normalized spacial score (nSPS) is 26.2. The van der Waals surface area contributed by atoms with Crippen LogP contribution in [0.15, 0.2) is 6.33 Å². The van der Waals surface area contributed by atoms with Crippen LogP contribution in [-0.2, 0) is 23.1 Å². The first-order valence-corrected chi connectivity index (χ1v) is 12.8. The quantitative estimate of drug-likeness (QED) is 0.189. The molecule has 1 aliphatic rings. The lowest BCUT2D eigenvalue weighted by Crippen LogP contribution is -2.39. The van der Waals surface area contributed by atoms with Crippen LogP contribution < -0.4 is 11.5 Å². The highest BCUT2D eigenvalue weighted by molar-refractivity contribution is 8.13. The largest absolute Gasteiger partial charge is 0.395 e. The molecule has 2 aromatic heterocycles. The average Bonchev–Trinajstić information content (AvgIpc) is 3.28. The summed E-state index contributed by atoms with van der Waals surface area (Å²) >= 11 is 7.58. The zero-order valence-corrected chi connectivity index (χ0v) is 21.4. The van der Waals surface area contributed by atoms with Gasteiger partial charge in [0, 0.05) is 5.75 Å². The number of hydrogen-bond donors (Lipinski definition) is 4. The van der Waals surface area contributed by atoms with Gasteiger partial charge in [-0.3, -0.25) is 13.9 Å². The Bertz CT molecular complexity index is 1070. The van der Waals surface area contributed by atoms with E-state index in [-0.39, 0.29) is 48.1 Å². The van der Waals surface area contributed by atoms with Gasteiger partial charge in [-0.25, -0.2) is 4.98 Å². The van der Waals surface area contributed by atoms with Crippen molar-refractivity contribution in [2.75, 3.05) is 37.0 Å². The number of nitrogen functional groups attached to an aromatic ring is 2. The molecule has 3 rings (SSSR count). The summed E-state index contributed by atoms with van der Waals surface area (Å²) in [7, 11) is -2.92. The Morgan fingerprint density at radius 3 is 2.79 bits per heavy atom. The van der Waals surface area contributed by atoms with E-state index in [9.17, 15) is 19.6 Å². The van der Waals surface area contributed by atoms with Crippen molar-refractivity contribution in [2.45, 2.75) is 44.1 Å². The molecule has 6 N–H and O–H groups in total. The minimum Gasteiger partial charge on any atom is -0.395 e. The van der Waals surface area contributed by atoms with Crippen LogP contribution in [0.25, 0.3) is 11.2 Å². The molecule has 0 saturated carbocycles. The van der Waals surface area contributed by atoms with Crippen molar-refractivity contribution in [3.05, 3.63) is 6.33 Å². The van der Waals surface area contributed by atoms with Crippen molar-refractivity contribution in [2.24, 2.45) is 5.41 Å². The fraction of sp³-hybridized carbons (Fsp3) is 0.667. The Hall–Kier alpha value is -1.51. The average molecular weight is 539 g/mol. The molecule has 1 saturated heterocycles. The Balaban J connectivity index is 1.56. The van der Waals surface area contributed by atoms with Gasteiger partial charge in [-0.15, -0.1) is 11.6 Å². The Morgan fingerprint density at radius 1 is 1.41 bits per heavy atom. The lowest BCUT2D eigenvalue weighted by Gasteiger charge is -2.26. The molecule has 1 aliphatic heterocycles. The summed E-state index contributed by atoms with van der Waals surface area (Å²) in [5.41, 5.74) is 11.2. The molecule has 34 heavy (non-hydrogen) atoms. The number of aliphatic hydroxyl groups excluding tert-OH is 2. The molecular formula is C18H28ClN6O7PS. The third-order valence-electron chi connectivity index (χ3n) is 5.29. The molecule has 0 aliphatic carbocycles. The number of alkyl halides is 1. The fourth-order valence-electron chi connectivity index (χ4n) is 3.19. The second kappa shape index (κ2) is 10.6. The third kappa shape index (κ3) is 5.65. The van der Waals surface area contributed by atoms with Gasteiger partial charge in [0.05, 0.1) is 31.6 Å². The molecular weight excluding hydrogens is 511 g/mol. The van der Waals surface area contributed by atoms with Crippen LogP contribution >= 0.6 is 31.6 Å². The number of ether oxygens (including phenoxy) is 1. The molecule has 0 aromatic carbocycles. The summed E-state index contributed by atoms with van der Waals surface area (Å²) in [5, 5.41) is 19.7. The van der Waals surface area contributed by atoms with Crippen molar-refractivity contribution in [1.82, 2.24) is 19.5 Å². The number of hydrogen-bond acceptors (Lipinski definition) is 13. The second-order valence-corrected chi connectivity index (χ2v) is 11.5. The first kappa shape index (κ1) is 27.1. The van der Waals surface area contributed by atoms with Crippen molar-refractivity contribution < 1.29 is 33.4 Å². The number of carbonyl (C=O) groups excluding carboxylic acids is 1. The fourth-order valence-corrected chi connectivity index (χ4v) is 5.09. The summed E-state index contributed by atoms with van der Waals surface area (Å²) in [5.74, 6) is 0.275. The maximum absolute atomic E-state index is 12.1. The van der Waals surface area contributed by atoms with Gasteiger partial charge in [0.15, 0.2) is 22.8 Å². The van der Waals surface area contributed by atoms with Crippen LogP contribution in [0.4, 0.5) is 11.8 Å². The SMILES string of the molecule is CC(C)(CO)C(=O)SCCO[PH](=O)OC[C@H]1O[C@@H](n2cnc3c(N)nc(N)nc32)[C@](C)(Cl)[C@@H]1O. The van der Waals surface area contributed by atoms with Crippen LogP contribution in [-0.4, -0.2) is 77.5 Å². The maximum Gasteiger partial charge on any atom is 0.319 e. The van der Waals surface area contributed by atoms with Crippen molar-refractivity contribution in [1.29, 1.82) is 0 Å². The van der Waals surface area contributed by atoms with E-state index in [1.54, 1.807) is 20.8 Å². The zero-order valence-electron chi connectivity index (χ0n) is 18.8. The molecule has 5 atom stereocenters. The molecule has 13 nitrogen and oxygen atoms in total. The number of fused-ring (bicyclic) bond motifs is 1. The van der Waals surface area contributed by atoms with E-state index in [1.807, 2.05) is 0 Å². The molecule has 3 heterocycles. The molecule has 0 spiro atoms. The van der Waals surface area contributed by atoms with Gasteiger partial charge in [0.2, 0.25) is 5.95 Å². The molecule has 2 aromatic rings. The lowest BCUT2D eigenvalue weighted by atomic mass is 9.97. The Kier molecular flexibility index (Phi) is 8.46. The maximum atomic E-state index is 12.1. The number of halogens is 1. The smallest absolute Gasteiger partial charge is 0.319 e. The van der Waals surface area contributed by atoms with Crippen molar-refractivity contribution in [3.8, 4) is 0 Å². The summed E-state index contributed by atoms with van der Waals surface area (Å²) in [6.45, 7) is 4.31. The van der Waals surface area contributed by atoms with Crippen LogP contribution in [0, 0.1) is 5.41 Å². The minimum absolute atomic E-state index is 0.00318. The van der Waals surface area contributed by atoms with Crippen molar-refractivity contribution >= 4 is 59.7 Å². The number of imidazole rings is 1. The van der Waals surface area contributed by atoms with Gasteiger partial charge in [-0.1, -0.05) is 11.8 Å². The number of anilines is 2. The van der Waals surface area contributed by atoms with E-state index in [0.29, 0.717) is 5.52 Å². The number of carbonyl (C=O) groups is 1. The lowest BCUT2D eigenvalue weighted by molar-refractivity contribution is -0.119. The molecule has 1 unspecified atom stereocenters. The van der Waals surface area contributed by atoms with Gasteiger partial charge in [0.1, 0.15) is 22.6 Å². The molecule has 0 amide bonds.